The minimum atomic E-state index is -0.104. The maximum Gasteiger partial charge on any atom is 0.139 e. The Morgan fingerprint density at radius 1 is 1.32 bits per heavy atom. The standard InChI is InChI=1S/C14H27N3O2/c1-11-2-4-14(10-18,5-3-11)16-9-13(6-7-13)8-12(15)17-19/h11,16,18-19H,2-10H2,1H3,(H2,15,17). The van der Waals surface area contributed by atoms with Crippen molar-refractivity contribution < 1.29 is 10.3 Å². The predicted molar refractivity (Wildman–Crippen MR) is 75.1 cm³/mol. The van der Waals surface area contributed by atoms with E-state index in [1.54, 1.807) is 0 Å². The second kappa shape index (κ2) is 5.67. The molecular weight excluding hydrogens is 242 g/mol. The molecule has 19 heavy (non-hydrogen) atoms. The normalized spacial score (nSPS) is 34.2. The Bertz CT molecular complexity index is 332. The van der Waals surface area contributed by atoms with Crippen LogP contribution < -0.4 is 11.1 Å². The molecule has 0 spiro atoms. The molecule has 5 N–H and O–H groups in total. The van der Waals surface area contributed by atoms with E-state index in [1.807, 2.05) is 0 Å². The van der Waals surface area contributed by atoms with Crippen LogP contribution in [0.3, 0.4) is 0 Å². The molecule has 2 aliphatic rings. The molecule has 0 saturated heterocycles. The fourth-order valence-electron chi connectivity index (χ4n) is 3.09. The largest absolute Gasteiger partial charge is 0.409 e. The maximum absolute atomic E-state index is 9.72. The summed E-state index contributed by atoms with van der Waals surface area (Å²) in [5.41, 5.74) is 5.66. The third-order valence-electron chi connectivity index (χ3n) is 5.01. The highest BCUT2D eigenvalue weighted by Crippen LogP contribution is 2.48. The number of rotatable bonds is 6. The van der Waals surface area contributed by atoms with E-state index in [4.69, 9.17) is 10.9 Å². The molecule has 5 heteroatoms. The van der Waals surface area contributed by atoms with Gasteiger partial charge in [-0.15, -0.1) is 0 Å². The SMILES string of the molecule is CC1CCC(CO)(NCC2(CC(N)=NO)CC2)CC1. The van der Waals surface area contributed by atoms with E-state index >= 15 is 0 Å². The summed E-state index contributed by atoms with van der Waals surface area (Å²) >= 11 is 0. The van der Waals surface area contributed by atoms with Crippen LogP contribution in [0.1, 0.15) is 51.9 Å². The van der Waals surface area contributed by atoms with E-state index in [1.165, 1.54) is 12.8 Å². The topological polar surface area (TPSA) is 90.9 Å². The van der Waals surface area contributed by atoms with Crippen molar-refractivity contribution >= 4 is 5.84 Å². The van der Waals surface area contributed by atoms with Crippen LogP contribution >= 0.6 is 0 Å². The summed E-state index contributed by atoms with van der Waals surface area (Å²) in [6.45, 7) is 3.35. The molecule has 2 aliphatic carbocycles. The summed E-state index contributed by atoms with van der Waals surface area (Å²) < 4.78 is 0. The van der Waals surface area contributed by atoms with Crippen LogP contribution in [0.25, 0.3) is 0 Å². The molecule has 0 bridgehead atoms. The van der Waals surface area contributed by atoms with Gasteiger partial charge in [-0.1, -0.05) is 12.1 Å². The van der Waals surface area contributed by atoms with Crippen LogP contribution in [0.2, 0.25) is 0 Å². The van der Waals surface area contributed by atoms with Gasteiger partial charge in [-0.25, -0.2) is 0 Å². The van der Waals surface area contributed by atoms with Gasteiger partial charge in [-0.05, 0) is 49.9 Å². The summed E-state index contributed by atoms with van der Waals surface area (Å²) in [7, 11) is 0. The Hall–Kier alpha value is -0.810. The number of aliphatic hydroxyl groups is 1. The van der Waals surface area contributed by atoms with Crippen LogP contribution in [-0.4, -0.2) is 34.8 Å². The van der Waals surface area contributed by atoms with E-state index in [2.05, 4.69) is 17.4 Å². The summed E-state index contributed by atoms with van der Waals surface area (Å²) in [6, 6.07) is 0. The van der Waals surface area contributed by atoms with Crippen molar-refractivity contribution in [2.45, 2.75) is 57.4 Å². The predicted octanol–water partition coefficient (Wildman–Crippen LogP) is 1.43. The van der Waals surface area contributed by atoms with Crippen LogP contribution in [-0.2, 0) is 0 Å². The van der Waals surface area contributed by atoms with Gasteiger partial charge in [0.25, 0.3) is 0 Å². The van der Waals surface area contributed by atoms with Crippen LogP contribution in [0.5, 0.6) is 0 Å². The van der Waals surface area contributed by atoms with E-state index in [0.717, 1.165) is 38.1 Å². The molecule has 2 fully saturated rings. The van der Waals surface area contributed by atoms with Crippen molar-refractivity contribution in [3.05, 3.63) is 0 Å². The molecule has 0 heterocycles. The molecule has 0 aromatic carbocycles. The number of nitrogens with one attached hydrogen (secondary N) is 1. The fraction of sp³-hybridized carbons (Fsp3) is 0.929. The molecule has 0 radical (unpaired) electrons. The van der Waals surface area contributed by atoms with Gasteiger partial charge in [0.1, 0.15) is 5.84 Å². The number of oxime groups is 1. The zero-order chi connectivity index (χ0) is 13.9. The number of nitrogens with zero attached hydrogens (tertiary/aromatic N) is 1. The minimum Gasteiger partial charge on any atom is -0.409 e. The van der Waals surface area contributed by atoms with Crippen molar-refractivity contribution in [2.75, 3.05) is 13.2 Å². The van der Waals surface area contributed by atoms with Gasteiger partial charge in [-0.3, -0.25) is 0 Å². The molecular formula is C14H27N3O2. The third kappa shape index (κ3) is 3.60. The highest BCUT2D eigenvalue weighted by molar-refractivity contribution is 5.80. The zero-order valence-electron chi connectivity index (χ0n) is 11.9. The zero-order valence-corrected chi connectivity index (χ0v) is 11.9. The Morgan fingerprint density at radius 3 is 2.42 bits per heavy atom. The van der Waals surface area contributed by atoms with Gasteiger partial charge in [-0.2, -0.15) is 0 Å². The lowest BCUT2D eigenvalue weighted by atomic mass is 9.77. The quantitative estimate of drug-likeness (QED) is 0.254. The highest BCUT2D eigenvalue weighted by atomic mass is 16.4. The summed E-state index contributed by atoms with van der Waals surface area (Å²) in [6.07, 6.45) is 7.34. The lowest BCUT2D eigenvalue weighted by molar-refractivity contribution is 0.100. The van der Waals surface area contributed by atoms with E-state index < -0.39 is 0 Å². The Labute approximate surface area is 115 Å². The molecule has 5 nitrogen and oxygen atoms in total. The Morgan fingerprint density at radius 2 is 1.95 bits per heavy atom. The van der Waals surface area contributed by atoms with Crippen LogP contribution in [0.15, 0.2) is 5.16 Å². The molecule has 0 atom stereocenters. The van der Waals surface area contributed by atoms with Gasteiger partial charge >= 0.3 is 0 Å². The second-order valence-electron chi connectivity index (χ2n) is 6.74. The van der Waals surface area contributed by atoms with Crippen molar-refractivity contribution in [3.63, 3.8) is 0 Å². The smallest absolute Gasteiger partial charge is 0.139 e. The molecule has 0 aromatic heterocycles. The molecule has 0 unspecified atom stereocenters. The molecule has 110 valence electrons. The lowest BCUT2D eigenvalue weighted by Crippen LogP contribution is -2.52. The van der Waals surface area contributed by atoms with E-state index in [9.17, 15) is 5.11 Å². The first-order valence-electron chi connectivity index (χ1n) is 7.35. The number of amidine groups is 1. The number of nitrogens with two attached hydrogens (primary N) is 1. The average molecular weight is 269 g/mol. The number of hydrogen-bond acceptors (Lipinski definition) is 4. The first kappa shape index (κ1) is 14.6. The van der Waals surface area contributed by atoms with Gasteiger partial charge in [0.2, 0.25) is 0 Å². The van der Waals surface area contributed by atoms with Gasteiger partial charge in [0.05, 0.1) is 6.61 Å². The minimum absolute atomic E-state index is 0.104. The summed E-state index contributed by atoms with van der Waals surface area (Å²) in [5, 5.41) is 25.1. The second-order valence-corrected chi connectivity index (χ2v) is 6.74. The van der Waals surface area contributed by atoms with Crippen LogP contribution in [0.4, 0.5) is 0 Å². The van der Waals surface area contributed by atoms with E-state index in [0.29, 0.717) is 12.3 Å². The van der Waals surface area contributed by atoms with Crippen molar-refractivity contribution in [1.82, 2.24) is 5.32 Å². The van der Waals surface area contributed by atoms with Crippen molar-refractivity contribution in [1.29, 1.82) is 0 Å². The fourth-order valence-corrected chi connectivity index (χ4v) is 3.09. The maximum atomic E-state index is 9.72. The average Bonchev–Trinajstić information content (AvgIpc) is 3.19. The van der Waals surface area contributed by atoms with Crippen LogP contribution in [0, 0.1) is 11.3 Å². The third-order valence-corrected chi connectivity index (χ3v) is 5.01. The van der Waals surface area contributed by atoms with Crippen molar-refractivity contribution in [3.8, 4) is 0 Å². The lowest BCUT2D eigenvalue weighted by Gasteiger charge is -2.40. The molecule has 2 saturated carbocycles. The number of hydrogen-bond donors (Lipinski definition) is 4. The highest BCUT2D eigenvalue weighted by Gasteiger charge is 2.45. The van der Waals surface area contributed by atoms with E-state index in [-0.39, 0.29) is 17.6 Å². The molecule has 0 aromatic rings. The Kier molecular flexibility index (Phi) is 4.36. The number of aliphatic hydroxyl groups excluding tert-OH is 1. The Balaban J connectivity index is 1.86. The van der Waals surface area contributed by atoms with Gasteiger partial charge in [0.15, 0.2) is 0 Å². The van der Waals surface area contributed by atoms with Gasteiger partial charge < -0.3 is 21.4 Å². The summed E-state index contributed by atoms with van der Waals surface area (Å²) in [5.74, 6) is 1.09. The summed E-state index contributed by atoms with van der Waals surface area (Å²) in [4.78, 5) is 0. The molecule has 2 rings (SSSR count). The first-order chi connectivity index (χ1) is 9.03. The molecule has 0 amide bonds. The van der Waals surface area contributed by atoms with Gasteiger partial charge in [0, 0.05) is 18.5 Å². The van der Waals surface area contributed by atoms with Crippen molar-refractivity contribution in [2.24, 2.45) is 22.2 Å². The monoisotopic (exact) mass is 269 g/mol. The molecule has 0 aliphatic heterocycles. The first-order valence-corrected chi connectivity index (χ1v) is 7.35.